The van der Waals surface area contributed by atoms with Gasteiger partial charge < -0.3 is 10.2 Å². The van der Waals surface area contributed by atoms with Crippen molar-refractivity contribution in [1.29, 1.82) is 0 Å². The van der Waals surface area contributed by atoms with Crippen LogP contribution in [0.5, 0.6) is 0 Å². The zero-order chi connectivity index (χ0) is 21.3. The van der Waals surface area contributed by atoms with Gasteiger partial charge >= 0.3 is 0 Å². The highest BCUT2D eigenvalue weighted by Crippen LogP contribution is 2.29. The van der Waals surface area contributed by atoms with Crippen LogP contribution in [0.1, 0.15) is 34.8 Å². The van der Waals surface area contributed by atoms with Crippen LogP contribution in [-0.2, 0) is 7.05 Å². The molecule has 3 aromatic rings. The Bertz CT molecular complexity index is 1100. The molecule has 0 aliphatic carbocycles. The van der Waals surface area contributed by atoms with Crippen LogP contribution in [-0.4, -0.2) is 39.2 Å². The summed E-state index contributed by atoms with van der Waals surface area (Å²) in [7, 11) is 1.75. The number of hydrogen-bond acceptors (Lipinski definition) is 5. The molecule has 0 bridgehead atoms. The van der Waals surface area contributed by atoms with Gasteiger partial charge in [0, 0.05) is 18.8 Å². The third-order valence-corrected chi connectivity index (χ3v) is 5.34. The van der Waals surface area contributed by atoms with Crippen molar-refractivity contribution in [2.45, 2.75) is 20.3 Å². The Hall–Kier alpha value is -3.55. The number of aryl methyl sites for hydroxylation is 2. The Morgan fingerprint density at radius 2 is 1.90 bits per heavy atom. The van der Waals surface area contributed by atoms with Crippen LogP contribution in [0.15, 0.2) is 48.0 Å². The van der Waals surface area contributed by atoms with Crippen molar-refractivity contribution in [3.63, 3.8) is 0 Å². The maximum absolute atomic E-state index is 14.0. The molecule has 0 radical (unpaired) electrons. The largest absolute Gasteiger partial charge is 0.334 e. The van der Waals surface area contributed by atoms with E-state index in [0.717, 1.165) is 18.5 Å². The zero-order valence-electron chi connectivity index (χ0n) is 17.2. The van der Waals surface area contributed by atoms with Crippen molar-refractivity contribution in [1.82, 2.24) is 20.2 Å². The average molecular weight is 406 g/mol. The fourth-order valence-electron chi connectivity index (χ4n) is 3.64. The lowest BCUT2D eigenvalue weighted by Crippen LogP contribution is -2.31. The molecule has 154 valence electrons. The van der Waals surface area contributed by atoms with E-state index in [1.165, 1.54) is 22.0 Å². The summed E-state index contributed by atoms with van der Waals surface area (Å²) in [6.45, 7) is 5.39. The molecule has 7 nitrogen and oxygen atoms in total. The molecule has 1 aliphatic heterocycles. The first-order valence-corrected chi connectivity index (χ1v) is 9.77. The number of halogens is 1. The highest BCUT2D eigenvalue weighted by atomic mass is 19.1. The van der Waals surface area contributed by atoms with Gasteiger partial charge in [-0.3, -0.25) is 4.79 Å². The van der Waals surface area contributed by atoms with E-state index in [0.29, 0.717) is 23.7 Å². The van der Waals surface area contributed by atoms with E-state index in [4.69, 9.17) is 0 Å². The third-order valence-electron chi connectivity index (χ3n) is 5.34. The summed E-state index contributed by atoms with van der Waals surface area (Å²) in [4.78, 5) is 16.1. The fourth-order valence-corrected chi connectivity index (χ4v) is 3.64. The highest BCUT2D eigenvalue weighted by Gasteiger charge is 2.21. The van der Waals surface area contributed by atoms with Gasteiger partial charge in [-0.2, -0.15) is 4.80 Å². The second-order valence-electron chi connectivity index (χ2n) is 7.47. The Morgan fingerprint density at radius 3 is 2.57 bits per heavy atom. The molecule has 0 saturated carbocycles. The van der Waals surface area contributed by atoms with Crippen LogP contribution in [0.4, 0.5) is 16.0 Å². The molecule has 8 heteroatoms. The second-order valence-corrected chi connectivity index (χ2v) is 7.47. The maximum Gasteiger partial charge on any atom is 0.266 e. The van der Waals surface area contributed by atoms with Gasteiger partial charge in [0.25, 0.3) is 11.9 Å². The Kier molecular flexibility index (Phi) is 5.31. The molecule has 0 unspecified atom stereocenters. The molecule has 0 saturated heterocycles. The van der Waals surface area contributed by atoms with Crippen LogP contribution in [0.25, 0.3) is 5.57 Å². The molecule has 0 fully saturated rings. The first kappa shape index (κ1) is 19.8. The van der Waals surface area contributed by atoms with Crippen LogP contribution < -0.4 is 10.2 Å². The first-order valence-electron chi connectivity index (χ1n) is 9.77. The number of aromatic nitrogens is 4. The summed E-state index contributed by atoms with van der Waals surface area (Å²) in [5.74, 6) is -0.359. The molecular weight excluding hydrogens is 383 g/mol. The predicted octanol–water partition coefficient (Wildman–Crippen LogP) is 3.59. The summed E-state index contributed by atoms with van der Waals surface area (Å²) in [5.41, 5.74) is 4.88. The summed E-state index contributed by atoms with van der Waals surface area (Å²) >= 11 is 0. The Balaban J connectivity index is 1.51. The Labute approximate surface area is 174 Å². The zero-order valence-corrected chi connectivity index (χ0v) is 17.2. The fraction of sp³-hybridized carbons (Fsp3) is 0.273. The van der Waals surface area contributed by atoms with Gasteiger partial charge in [0.2, 0.25) is 0 Å². The van der Waals surface area contributed by atoms with Crippen LogP contribution in [0.3, 0.4) is 0 Å². The minimum Gasteiger partial charge on any atom is -0.334 e. The van der Waals surface area contributed by atoms with Crippen molar-refractivity contribution in [2.75, 3.05) is 23.3 Å². The van der Waals surface area contributed by atoms with Gasteiger partial charge in [-0.25, -0.2) is 4.39 Å². The lowest BCUT2D eigenvalue weighted by atomic mass is 9.95. The number of amides is 1. The molecule has 4 rings (SSSR count). The SMILES string of the molecule is CC1=C(c2ccc(NC(=O)c3c(C)cccc3F)cc2)CN(c2nnn(C)n2)CC1. The van der Waals surface area contributed by atoms with Crippen LogP contribution in [0, 0.1) is 12.7 Å². The predicted molar refractivity (Wildman–Crippen MR) is 114 cm³/mol. The molecule has 2 aromatic carbocycles. The molecule has 0 atom stereocenters. The van der Waals surface area contributed by atoms with Crippen LogP contribution in [0.2, 0.25) is 0 Å². The lowest BCUT2D eigenvalue weighted by molar-refractivity contribution is 0.102. The van der Waals surface area contributed by atoms with Gasteiger partial charge in [0.15, 0.2) is 0 Å². The van der Waals surface area contributed by atoms with E-state index in [2.05, 4.69) is 32.6 Å². The maximum atomic E-state index is 14.0. The van der Waals surface area contributed by atoms with Gasteiger partial charge in [-0.15, -0.1) is 5.10 Å². The molecule has 1 amide bonds. The van der Waals surface area contributed by atoms with Crippen molar-refractivity contribution < 1.29 is 9.18 Å². The third kappa shape index (κ3) is 3.94. The topological polar surface area (TPSA) is 75.9 Å². The van der Waals surface area contributed by atoms with E-state index in [1.807, 2.05) is 24.3 Å². The Morgan fingerprint density at radius 1 is 1.13 bits per heavy atom. The lowest BCUT2D eigenvalue weighted by Gasteiger charge is -2.29. The average Bonchev–Trinajstić information content (AvgIpc) is 3.15. The minimum absolute atomic E-state index is 0.0690. The number of nitrogens with zero attached hydrogens (tertiary/aromatic N) is 5. The monoisotopic (exact) mass is 406 g/mol. The molecular formula is C22H23FN6O. The van der Waals surface area contributed by atoms with Crippen LogP contribution >= 0.6 is 0 Å². The number of carbonyl (C=O) groups is 1. The van der Waals surface area contributed by atoms with Crippen molar-refractivity contribution >= 4 is 23.1 Å². The van der Waals surface area contributed by atoms with E-state index >= 15 is 0 Å². The van der Waals surface area contributed by atoms with Gasteiger partial charge in [-0.05, 0) is 60.4 Å². The first-order chi connectivity index (χ1) is 14.4. The van der Waals surface area contributed by atoms with Gasteiger partial charge in [0.05, 0.1) is 12.6 Å². The molecule has 0 spiro atoms. The normalized spacial score (nSPS) is 14.2. The standard InChI is InChI=1S/C22H23FN6O/c1-14-11-12-29(22-25-27-28(3)26-22)13-18(14)16-7-9-17(10-8-16)24-21(30)20-15(2)5-4-6-19(20)23/h4-10H,11-13H2,1-3H3,(H,24,30). The molecule has 2 heterocycles. The summed E-state index contributed by atoms with van der Waals surface area (Å²) < 4.78 is 14.0. The van der Waals surface area contributed by atoms with Crippen molar-refractivity contribution in [3.05, 3.63) is 70.5 Å². The van der Waals surface area contributed by atoms with E-state index < -0.39 is 11.7 Å². The molecule has 1 aromatic heterocycles. The number of nitrogens with one attached hydrogen (secondary N) is 1. The summed E-state index contributed by atoms with van der Waals surface area (Å²) in [6.07, 6.45) is 0.915. The summed E-state index contributed by atoms with van der Waals surface area (Å²) in [6, 6.07) is 12.2. The second kappa shape index (κ2) is 8.06. The van der Waals surface area contributed by atoms with Crippen molar-refractivity contribution in [2.24, 2.45) is 7.05 Å². The number of benzene rings is 2. The molecule has 1 N–H and O–H groups in total. The van der Waals surface area contributed by atoms with E-state index in [1.54, 1.807) is 26.1 Å². The smallest absolute Gasteiger partial charge is 0.266 e. The highest BCUT2D eigenvalue weighted by molar-refractivity contribution is 6.05. The molecule has 30 heavy (non-hydrogen) atoms. The number of anilines is 2. The number of hydrogen-bond donors (Lipinski definition) is 1. The summed E-state index contributed by atoms with van der Waals surface area (Å²) in [5, 5.41) is 15.1. The molecule has 1 aliphatic rings. The van der Waals surface area contributed by atoms with E-state index in [-0.39, 0.29) is 5.56 Å². The quantitative estimate of drug-likeness (QED) is 0.717. The number of rotatable bonds is 4. The number of tetrazole rings is 1. The van der Waals surface area contributed by atoms with Gasteiger partial charge in [0.1, 0.15) is 5.82 Å². The van der Waals surface area contributed by atoms with E-state index in [9.17, 15) is 9.18 Å². The van der Waals surface area contributed by atoms with Gasteiger partial charge in [-0.1, -0.05) is 34.9 Å². The minimum atomic E-state index is -0.523. The van der Waals surface area contributed by atoms with Crippen molar-refractivity contribution in [3.8, 4) is 0 Å². The number of carbonyl (C=O) groups excluding carboxylic acids is 1.